The molecule has 6 heteroatoms. The van der Waals surface area contributed by atoms with Crippen LogP contribution >= 0.6 is 24.0 Å². The van der Waals surface area contributed by atoms with E-state index in [1.165, 1.54) is 18.9 Å². The van der Waals surface area contributed by atoms with Gasteiger partial charge in [-0.3, -0.25) is 0 Å². The highest BCUT2D eigenvalue weighted by molar-refractivity contribution is 8.22. The lowest BCUT2D eigenvalue weighted by atomic mass is 10.0. The quantitative estimate of drug-likeness (QED) is 0.568. The van der Waals surface area contributed by atoms with Gasteiger partial charge in [0, 0.05) is 18.3 Å². The number of esters is 1. The van der Waals surface area contributed by atoms with Gasteiger partial charge in [-0.25, -0.2) is 4.79 Å². The lowest BCUT2D eigenvalue weighted by Gasteiger charge is -2.15. The second-order valence-electron chi connectivity index (χ2n) is 3.36. The summed E-state index contributed by atoms with van der Waals surface area (Å²) in [6.07, 6.45) is 0.420. The molecule has 1 fully saturated rings. The summed E-state index contributed by atoms with van der Waals surface area (Å²) in [6, 6.07) is 0. The Morgan fingerprint density at radius 1 is 1.62 bits per heavy atom. The molecule has 0 N–H and O–H groups in total. The van der Waals surface area contributed by atoms with Crippen LogP contribution in [0.25, 0.3) is 0 Å². The third-order valence-corrected chi connectivity index (χ3v) is 3.74. The first-order valence-electron chi connectivity index (χ1n) is 5.18. The van der Waals surface area contributed by atoms with Crippen LogP contribution in [0.1, 0.15) is 13.3 Å². The van der Waals surface area contributed by atoms with E-state index in [0.29, 0.717) is 17.6 Å². The van der Waals surface area contributed by atoms with Gasteiger partial charge in [-0.1, -0.05) is 11.8 Å². The molecule has 0 aromatic heterocycles. The van der Waals surface area contributed by atoms with Crippen LogP contribution in [0.2, 0.25) is 0 Å². The van der Waals surface area contributed by atoms with Crippen molar-refractivity contribution in [3.05, 3.63) is 0 Å². The Kier molecular flexibility index (Phi) is 6.08. The summed E-state index contributed by atoms with van der Waals surface area (Å²) in [5.74, 6) is 0.597. The van der Waals surface area contributed by atoms with E-state index in [-0.39, 0.29) is 11.9 Å². The molecule has 1 heterocycles. The van der Waals surface area contributed by atoms with Gasteiger partial charge in [-0.2, -0.15) is 0 Å². The fourth-order valence-corrected chi connectivity index (χ4v) is 2.73. The first-order valence-corrected chi connectivity index (χ1v) is 6.57. The molecule has 1 rings (SSSR count). The Bertz CT molecular complexity index is 257. The van der Waals surface area contributed by atoms with Crippen LogP contribution < -0.4 is 0 Å². The number of carbonyl (C=O) groups is 1. The molecule has 0 aromatic carbocycles. The second kappa shape index (κ2) is 7.09. The number of carbonyl (C=O) groups excluding carboxylic acids is 1. The maximum Gasteiger partial charge on any atom is 0.335 e. The van der Waals surface area contributed by atoms with Crippen molar-refractivity contribution in [2.45, 2.75) is 19.4 Å². The topological polar surface area (TPSA) is 44.8 Å². The molecule has 1 aliphatic heterocycles. The minimum absolute atomic E-state index is 0.163. The smallest absolute Gasteiger partial charge is 0.335 e. The molecule has 0 amide bonds. The Morgan fingerprint density at radius 3 is 3.00 bits per heavy atom. The monoisotopic (exact) mass is 264 g/mol. The van der Waals surface area contributed by atoms with Crippen LogP contribution in [0, 0.1) is 5.92 Å². The zero-order chi connectivity index (χ0) is 12.0. The molecule has 0 unspecified atom stereocenters. The molecule has 1 saturated heterocycles. The van der Waals surface area contributed by atoms with Crippen molar-refractivity contribution in [2.75, 3.05) is 26.1 Å². The van der Waals surface area contributed by atoms with Gasteiger partial charge in [0.2, 0.25) is 4.38 Å². The Hall–Kier alpha value is -0.330. The van der Waals surface area contributed by atoms with Crippen molar-refractivity contribution in [2.24, 2.45) is 5.92 Å². The van der Waals surface area contributed by atoms with Crippen LogP contribution in [-0.4, -0.2) is 42.5 Å². The number of methoxy groups -OCH3 is 1. The fraction of sp³-hybridized carbons (Fsp3) is 0.800. The van der Waals surface area contributed by atoms with E-state index in [2.05, 4.69) is 4.74 Å². The van der Waals surface area contributed by atoms with E-state index in [1.54, 1.807) is 0 Å². The highest BCUT2D eigenvalue weighted by Gasteiger charge is 2.35. The number of thioether (sulfide) groups is 1. The van der Waals surface area contributed by atoms with Gasteiger partial charge < -0.3 is 14.2 Å². The first-order chi connectivity index (χ1) is 7.69. The zero-order valence-corrected chi connectivity index (χ0v) is 11.1. The van der Waals surface area contributed by atoms with Crippen molar-refractivity contribution in [3.63, 3.8) is 0 Å². The summed E-state index contributed by atoms with van der Waals surface area (Å²) < 4.78 is 15.7. The Balaban J connectivity index is 2.35. The fourth-order valence-electron chi connectivity index (χ4n) is 1.52. The van der Waals surface area contributed by atoms with Gasteiger partial charge in [-0.05, 0) is 25.6 Å². The number of hydrogen-bond acceptors (Lipinski definition) is 6. The van der Waals surface area contributed by atoms with Gasteiger partial charge in [0.15, 0.2) is 6.10 Å². The van der Waals surface area contributed by atoms with Crippen LogP contribution in [0.5, 0.6) is 0 Å². The van der Waals surface area contributed by atoms with Crippen molar-refractivity contribution in [3.8, 4) is 0 Å². The maximum atomic E-state index is 11.4. The molecular weight excluding hydrogens is 248 g/mol. The van der Waals surface area contributed by atoms with Crippen LogP contribution in [0.3, 0.4) is 0 Å². The average molecular weight is 264 g/mol. The van der Waals surface area contributed by atoms with E-state index in [9.17, 15) is 4.79 Å². The molecule has 16 heavy (non-hydrogen) atoms. The number of ether oxygens (including phenoxy) is 3. The lowest BCUT2D eigenvalue weighted by molar-refractivity contribution is -0.152. The minimum atomic E-state index is -0.443. The van der Waals surface area contributed by atoms with Gasteiger partial charge in [0.05, 0.1) is 13.7 Å². The molecule has 0 radical (unpaired) electrons. The summed E-state index contributed by atoms with van der Waals surface area (Å²) in [5, 5.41) is 0. The number of thiocarbonyl (C=S) groups is 1. The number of rotatable bonds is 4. The summed E-state index contributed by atoms with van der Waals surface area (Å²) in [5.41, 5.74) is 0. The first kappa shape index (κ1) is 13.7. The van der Waals surface area contributed by atoms with Gasteiger partial charge in [0.25, 0.3) is 0 Å². The van der Waals surface area contributed by atoms with E-state index in [1.807, 2.05) is 6.92 Å². The predicted octanol–water partition coefficient (Wildman–Crippen LogP) is 1.62. The molecule has 0 spiro atoms. The van der Waals surface area contributed by atoms with Gasteiger partial charge in [-0.15, -0.1) is 0 Å². The molecule has 0 aromatic rings. The average Bonchev–Trinajstić information content (AvgIpc) is 2.74. The summed E-state index contributed by atoms with van der Waals surface area (Å²) in [7, 11) is 1.37. The van der Waals surface area contributed by atoms with E-state index >= 15 is 0 Å². The molecule has 0 bridgehead atoms. The van der Waals surface area contributed by atoms with E-state index in [4.69, 9.17) is 21.7 Å². The van der Waals surface area contributed by atoms with E-state index in [0.717, 1.165) is 12.2 Å². The third-order valence-electron chi connectivity index (χ3n) is 2.33. The second-order valence-corrected chi connectivity index (χ2v) is 4.98. The standard InChI is InChI=1S/C10H16O4S2/c1-3-13-10(15)16-6-7-4-5-14-8(7)9(11)12-2/h7-8H,3-6H2,1-2H3/t7-,8-/m0/s1. The SMILES string of the molecule is CCOC(=S)SC[C@@H]1CCO[C@@H]1C(=O)OC. The van der Waals surface area contributed by atoms with Gasteiger partial charge >= 0.3 is 5.97 Å². The Labute approximate surface area is 105 Å². The molecule has 92 valence electrons. The molecule has 2 atom stereocenters. The molecular formula is C10H16O4S2. The summed E-state index contributed by atoms with van der Waals surface area (Å²) in [4.78, 5) is 11.4. The molecule has 4 nitrogen and oxygen atoms in total. The maximum absolute atomic E-state index is 11.4. The molecule has 0 aliphatic carbocycles. The molecule has 0 saturated carbocycles. The highest BCUT2D eigenvalue weighted by atomic mass is 32.2. The molecule has 1 aliphatic rings. The normalized spacial score (nSPS) is 24.1. The van der Waals surface area contributed by atoms with Crippen molar-refractivity contribution in [1.82, 2.24) is 0 Å². The van der Waals surface area contributed by atoms with Crippen LogP contribution in [0.15, 0.2) is 0 Å². The third kappa shape index (κ3) is 3.92. The van der Waals surface area contributed by atoms with Crippen LogP contribution in [-0.2, 0) is 19.0 Å². The Morgan fingerprint density at radius 2 is 2.38 bits per heavy atom. The minimum Gasteiger partial charge on any atom is -0.479 e. The summed E-state index contributed by atoms with van der Waals surface area (Å²) in [6.45, 7) is 3.07. The van der Waals surface area contributed by atoms with Gasteiger partial charge in [0.1, 0.15) is 0 Å². The largest absolute Gasteiger partial charge is 0.479 e. The number of hydrogen-bond donors (Lipinski definition) is 0. The van der Waals surface area contributed by atoms with E-state index < -0.39 is 6.10 Å². The van der Waals surface area contributed by atoms with Crippen molar-refractivity contribution in [1.29, 1.82) is 0 Å². The van der Waals surface area contributed by atoms with Crippen molar-refractivity contribution < 1.29 is 19.0 Å². The lowest BCUT2D eigenvalue weighted by Crippen LogP contribution is -2.29. The zero-order valence-electron chi connectivity index (χ0n) is 9.43. The van der Waals surface area contributed by atoms with Crippen molar-refractivity contribution >= 4 is 34.3 Å². The predicted molar refractivity (Wildman–Crippen MR) is 66.5 cm³/mol. The summed E-state index contributed by atoms with van der Waals surface area (Å²) >= 11 is 6.46. The highest BCUT2D eigenvalue weighted by Crippen LogP contribution is 2.26. The van der Waals surface area contributed by atoms with Crippen LogP contribution in [0.4, 0.5) is 0 Å².